The minimum Gasteiger partial charge on any atom is -0.452 e. The predicted octanol–water partition coefficient (Wildman–Crippen LogP) is 3.64. The number of anilines is 2. The van der Waals surface area contributed by atoms with Crippen LogP contribution >= 0.6 is 0 Å². The van der Waals surface area contributed by atoms with Crippen LogP contribution in [0.25, 0.3) is 0 Å². The standard InChI is InChI=1S/C22H18FN3O7S/c1-14-12-16(26(29)30)8-11-19(14)24-21(27)13-33-22(28)18-4-2-3-5-20(18)25-34(31,32)17-9-6-15(23)7-10-17/h2-12,25H,13H2,1H3,(H,24,27). The number of hydrogen-bond donors (Lipinski definition) is 2. The number of nitro groups is 1. The number of carbonyl (C=O) groups excluding carboxylic acids is 2. The molecule has 12 heteroatoms. The summed E-state index contributed by atoms with van der Waals surface area (Å²) in [5, 5.41) is 13.3. The monoisotopic (exact) mass is 487 g/mol. The fourth-order valence-electron chi connectivity index (χ4n) is 2.86. The minimum absolute atomic E-state index is 0.0940. The maximum absolute atomic E-state index is 13.1. The van der Waals surface area contributed by atoms with Gasteiger partial charge in [-0.2, -0.15) is 0 Å². The normalized spacial score (nSPS) is 10.9. The lowest BCUT2D eigenvalue weighted by molar-refractivity contribution is -0.384. The van der Waals surface area contributed by atoms with E-state index in [9.17, 15) is 32.5 Å². The molecule has 0 aromatic heterocycles. The van der Waals surface area contributed by atoms with Crippen molar-refractivity contribution >= 4 is 39.0 Å². The van der Waals surface area contributed by atoms with Crippen LogP contribution in [0.3, 0.4) is 0 Å². The molecule has 0 aliphatic carbocycles. The second-order valence-electron chi connectivity index (χ2n) is 6.99. The highest BCUT2D eigenvalue weighted by atomic mass is 32.2. The summed E-state index contributed by atoms with van der Waals surface area (Å²) in [6.07, 6.45) is 0. The third kappa shape index (κ3) is 5.92. The first kappa shape index (κ1) is 24.3. The summed E-state index contributed by atoms with van der Waals surface area (Å²) in [5.74, 6) is -2.27. The van der Waals surface area contributed by atoms with Gasteiger partial charge in [0.1, 0.15) is 5.82 Å². The van der Waals surface area contributed by atoms with E-state index in [0.29, 0.717) is 11.3 Å². The number of halogens is 1. The van der Waals surface area contributed by atoms with Crippen LogP contribution in [-0.4, -0.2) is 31.8 Å². The molecule has 3 aromatic carbocycles. The van der Waals surface area contributed by atoms with Gasteiger partial charge in [-0.15, -0.1) is 0 Å². The van der Waals surface area contributed by atoms with E-state index in [0.717, 1.165) is 24.3 Å². The summed E-state index contributed by atoms with van der Waals surface area (Å²) >= 11 is 0. The Hall–Kier alpha value is -4.32. The molecule has 0 unspecified atom stereocenters. The zero-order valence-corrected chi connectivity index (χ0v) is 18.5. The molecule has 0 bridgehead atoms. The van der Waals surface area contributed by atoms with Crippen molar-refractivity contribution in [1.82, 2.24) is 0 Å². The number of nitrogens with one attached hydrogen (secondary N) is 2. The molecule has 0 saturated heterocycles. The number of ether oxygens (including phenoxy) is 1. The van der Waals surface area contributed by atoms with Gasteiger partial charge in [0.25, 0.3) is 21.6 Å². The van der Waals surface area contributed by atoms with Crippen molar-refractivity contribution in [2.24, 2.45) is 0 Å². The van der Waals surface area contributed by atoms with E-state index in [4.69, 9.17) is 4.74 Å². The Kier molecular flexibility index (Phi) is 7.21. The van der Waals surface area contributed by atoms with Crippen LogP contribution in [0.2, 0.25) is 0 Å². The zero-order valence-electron chi connectivity index (χ0n) is 17.6. The van der Waals surface area contributed by atoms with Crippen LogP contribution in [0, 0.1) is 22.9 Å². The number of non-ortho nitro benzene ring substituents is 1. The summed E-state index contributed by atoms with van der Waals surface area (Å²) in [6.45, 7) is 0.881. The first-order valence-corrected chi connectivity index (χ1v) is 11.1. The van der Waals surface area contributed by atoms with E-state index in [1.807, 2.05) is 0 Å². The number of amides is 1. The molecule has 0 spiro atoms. The summed E-state index contributed by atoms with van der Waals surface area (Å²) in [4.78, 5) is 34.7. The van der Waals surface area contributed by atoms with Crippen LogP contribution < -0.4 is 10.0 Å². The molecule has 2 N–H and O–H groups in total. The van der Waals surface area contributed by atoms with Crippen LogP contribution in [0.4, 0.5) is 21.5 Å². The quantitative estimate of drug-likeness (QED) is 0.280. The first-order valence-electron chi connectivity index (χ1n) is 9.66. The van der Waals surface area contributed by atoms with Gasteiger partial charge in [0.15, 0.2) is 6.61 Å². The van der Waals surface area contributed by atoms with Crippen molar-refractivity contribution in [3.05, 3.63) is 93.8 Å². The van der Waals surface area contributed by atoms with Crippen molar-refractivity contribution in [2.75, 3.05) is 16.6 Å². The molecule has 176 valence electrons. The zero-order chi connectivity index (χ0) is 24.9. The highest BCUT2D eigenvalue weighted by Gasteiger charge is 2.20. The smallest absolute Gasteiger partial charge is 0.340 e. The highest BCUT2D eigenvalue weighted by molar-refractivity contribution is 7.92. The van der Waals surface area contributed by atoms with Crippen molar-refractivity contribution in [1.29, 1.82) is 0 Å². The van der Waals surface area contributed by atoms with Crippen LogP contribution in [0.5, 0.6) is 0 Å². The van der Waals surface area contributed by atoms with Gasteiger partial charge in [-0.25, -0.2) is 17.6 Å². The third-order valence-electron chi connectivity index (χ3n) is 4.54. The fourth-order valence-corrected chi connectivity index (χ4v) is 3.94. The second kappa shape index (κ2) is 10.1. The number of para-hydroxylation sites is 1. The predicted molar refractivity (Wildman–Crippen MR) is 120 cm³/mol. The lowest BCUT2D eigenvalue weighted by atomic mass is 10.2. The van der Waals surface area contributed by atoms with Gasteiger partial charge in [0, 0.05) is 17.8 Å². The Morgan fingerprint density at radius 3 is 2.35 bits per heavy atom. The molecule has 1 amide bonds. The Morgan fingerprint density at radius 2 is 1.71 bits per heavy atom. The van der Waals surface area contributed by atoms with Crippen LogP contribution in [0.1, 0.15) is 15.9 Å². The molecule has 0 aliphatic heterocycles. The lowest BCUT2D eigenvalue weighted by Gasteiger charge is -2.13. The molecule has 0 heterocycles. The molecule has 0 aliphatic rings. The van der Waals surface area contributed by atoms with Gasteiger partial charge in [-0.05, 0) is 55.0 Å². The van der Waals surface area contributed by atoms with E-state index in [1.165, 1.54) is 42.5 Å². The molecule has 10 nitrogen and oxygen atoms in total. The lowest BCUT2D eigenvalue weighted by Crippen LogP contribution is -2.22. The molecule has 34 heavy (non-hydrogen) atoms. The van der Waals surface area contributed by atoms with Gasteiger partial charge in [-0.1, -0.05) is 12.1 Å². The number of aryl methyl sites for hydroxylation is 1. The number of rotatable bonds is 8. The Morgan fingerprint density at radius 1 is 1.03 bits per heavy atom. The average Bonchev–Trinajstić information content (AvgIpc) is 2.79. The summed E-state index contributed by atoms with van der Waals surface area (Å²) < 4.78 is 45.5. The largest absolute Gasteiger partial charge is 0.452 e. The third-order valence-corrected chi connectivity index (χ3v) is 5.93. The molecule has 0 atom stereocenters. The Labute approximate surface area is 193 Å². The summed E-state index contributed by atoms with van der Waals surface area (Å²) in [6, 6.07) is 13.6. The first-order chi connectivity index (χ1) is 16.1. The van der Waals surface area contributed by atoms with Gasteiger partial charge >= 0.3 is 5.97 Å². The SMILES string of the molecule is Cc1cc([N+](=O)[O-])ccc1NC(=O)COC(=O)c1ccccc1NS(=O)(=O)c1ccc(F)cc1. The van der Waals surface area contributed by atoms with Gasteiger partial charge < -0.3 is 10.1 Å². The topological polar surface area (TPSA) is 145 Å². The number of sulfonamides is 1. The number of nitrogens with zero attached hydrogens (tertiary/aromatic N) is 1. The Balaban J connectivity index is 1.67. The average molecular weight is 487 g/mol. The fraction of sp³-hybridized carbons (Fsp3) is 0.0909. The van der Waals surface area contributed by atoms with Crippen LogP contribution in [0.15, 0.2) is 71.6 Å². The molecular weight excluding hydrogens is 469 g/mol. The number of benzene rings is 3. The molecule has 0 radical (unpaired) electrons. The molecule has 3 rings (SSSR count). The van der Waals surface area contributed by atoms with Gasteiger partial charge in [0.05, 0.1) is 21.1 Å². The number of hydrogen-bond acceptors (Lipinski definition) is 7. The highest BCUT2D eigenvalue weighted by Crippen LogP contribution is 2.22. The minimum atomic E-state index is -4.12. The van der Waals surface area contributed by atoms with E-state index >= 15 is 0 Å². The maximum atomic E-state index is 13.1. The van der Waals surface area contributed by atoms with E-state index in [2.05, 4.69) is 10.0 Å². The molecule has 3 aromatic rings. The van der Waals surface area contributed by atoms with Crippen LogP contribution in [-0.2, 0) is 19.6 Å². The van der Waals surface area contributed by atoms with Crippen molar-refractivity contribution < 1.29 is 32.1 Å². The molecular formula is C22H18FN3O7S. The summed E-state index contributed by atoms with van der Waals surface area (Å²) in [5.41, 5.74) is 0.367. The van der Waals surface area contributed by atoms with Gasteiger partial charge in [-0.3, -0.25) is 19.6 Å². The van der Waals surface area contributed by atoms with E-state index in [1.54, 1.807) is 6.92 Å². The number of esters is 1. The molecule has 0 saturated carbocycles. The van der Waals surface area contributed by atoms with Crippen molar-refractivity contribution in [2.45, 2.75) is 11.8 Å². The van der Waals surface area contributed by atoms with E-state index in [-0.39, 0.29) is 21.8 Å². The molecule has 0 fully saturated rings. The second-order valence-corrected chi connectivity index (χ2v) is 8.67. The van der Waals surface area contributed by atoms with Gasteiger partial charge in [0.2, 0.25) is 0 Å². The van der Waals surface area contributed by atoms with Crippen molar-refractivity contribution in [3.8, 4) is 0 Å². The number of carbonyl (C=O) groups is 2. The maximum Gasteiger partial charge on any atom is 0.340 e. The Bertz CT molecular complexity index is 1360. The van der Waals surface area contributed by atoms with Crippen molar-refractivity contribution in [3.63, 3.8) is 0 Å². The van der Waals surface area contributed by atoms with E-state index < -0.39 is 39.2 Å². The summed E-state index contributed by atoms with van der Waals surface area (Å²) in [7, 11) is -4.12. The number of nitro benzene ring substituents is 1.